The number of sulfonamides is 1. The van der Waals surface area contributed by atoms with Gasteiger partial charge in [-0.05, 0) is 65.2 Å². The summed E-state index contributed by atoms with van der Waals surface area (Å²) in [5.74, 6) is -0.393. The first kappa shape index (κ1) is 16.1. The van der Waals surface area contributed by atoms with Crippen LogP contribution in [0.2, 0.25) is 0 Å². The summed E-state index contributed by atoms with van der Waals surface area (Å²) < 4.78 is 41.1. The first-order valence-corrected chi connectivity index (χ1v) is 8.61. The Labute approximate surface area is 132 Å². The zero-order valence-corrected chi connectivity index (χ0v) is 14.0. The molecule has 0 amide bonds. The molecule has 0 saturated carbocycles. The van der Waals surface area contributed by atoms with Crippen molar-refractivity contribution in [3.63, 3.8) is 0 Å². The van der Waals surface area contributed by atoms with Crippen LogP contribution in [0.5, 0.6) is 0 Å². The molecule has 6 heteroatoms. The van der Waals surface area contributed by atoms with E-state index in [1.165, 1.54) is 12.1 Å². The molecular weight excluding hydrogens is 357 g/mol. The fraction of sp³-hybridized carbons (Fsp3) is 0.200. The molecule has 0 fully saturated rings. The summed E-state index contributed by atoms with van der Waals surface area (Å²) in [7, 11) is -3.69. The highest BCUT2D eigenvalue weighted by atomic mass is 79.9. The summed E-state index contributed by atoms with van der Waals surface area (Å²) in [4.78, 5) is 0.163. The number of rotatable bonds is 4. The minimum Gasteiger partial charge on any atom is -0.207 e. The number of hydrogen-bond donors (Lipinski definition) is 1. The van der Waals surface area contributed by atoms with Crippen molar-refractivity contribution in [3.8, 4) is 0 Å². The van der Waals surface area contributed by atoms with Crippen LogP contribution < -0.4 is 4.72 Å². The molecule has 0 aliphatic carbocycles. The Bertz CT molecular complexity index is 762. The molecule has 2 aromatic rings. The van der Waals surface area contributed by atoms with E-state index in [9.17, 15) is 12.8 Å². The average Bonchev–Trinajstić information content (AvgIpc) is 2.37. The Morgan fingerprint density at radius 3 is 2.52 bits per heavy atom. The van der Waals surface area contributed by atoms with Crippen LogP contribution in [0.15, 0.2) is 51.8 Å². The van der Waals surface area contributed by atoms with Crippen molar-refractivity contribution >= 4 is 26.0 Å². The van der Waals surface area contributed by atoms with Crippen LogP contribution in [-0.2, 0) is 10.0 Å². The molecule has 0 aromatic heterocycles. The summed E-state index contributed by atoms with van der Waals surface area (Å²) >= 11 is 3.26. The standard InChI is InChI=1S/C15H15BrFNO2S/c1-10-6-7-15(14(16)8-10)21(19,20)18-11(2)12-4-3-5-13(17)9-12/h3-9,11,18H,1-2H3. The Balaban J connectivity index is 2.29. The number of nitrogens with one attached hydrogen (secondary N) is 1. The quantitative estimate of drug-likeness (QED) is 0.884. The van der Waals surface area contributed by atoms with Crippen LogP contribution in [0.3, 0.4) is 0 Å². The van der Waals surface area contributed by atoms with Gasteiger partial charge in [0.2, 0.25) is 10.0 Å². The van der Waals surface area contributed by atoms with E-state index >= 15 is 0 Å². The number of hydrogen-bond acceptors (Lipinski definition) is 2. The van der Waals surface area contributed by atoms with Crippen molar-refractivity contribution in [2.75, 3.05) is 0 Å². The van der Waals surface area contributed by atoms with E-state index in [2.05, 4.69) is 20.7 Å². The van der Waals surface area contributed by atoms with Gasteiger partial charge in [-0.15, -0.1) is 0 Å². The van der Waals surface area contributed by atoms with E-state index in [0.29, 0.717) is 10.0 Å². The highest BCUT2D eigenvalue weighted by molar-refractivity contribution is 9.10. The van der Waals surface area contributed by atoms with E-state index in [1.807, 2.05) is 6.92 Å². The second-order valence-corrected chi connectivity index (χ2v) is 7.37. The van der Waals surface area contributed by atoms with Crippen molar-refractivity contribution in [1.82, 2.24) is 4.72 Å². The third-order valence-corrected chi connectivity index (χ3v) is 5.57. The third-order valence-electron chi connectivity index (χ3n) is 3.06. The molecule has 0 spiro atoms. The number of halogens is 2. The summed E-state index contributed by atoms with van der Waals surface area (Å²) in [5.41, 5.74) is 1.53. The van der Waals surface area contributed by atoms with E-state index < -0.39 is 21.9 Å². The van der Waals surface area contributed by atoms with Gasteiger partial charge in [0.1, 0.15) is 5.82 Å². The van der Waals surface area contributed by atoms with Crippen molar-refractivity contribution in [1.29, 1.82) is 0 Å². The molecule has 3 nitrogen and oxygen atoms in total. The van der Waals surface area contributed by atoms with Gasteiger partial charge in [-0.3, -0.25) is 0 Å². The van der Waals surface area contributed by atoms with Crippen molar-refractivity contribution < 1.29 is 12.8 Å². The monoisotopic (exact) mass is 371 g/mol. The maximum absolute atomic E-state index is 13.2. The fourth-order valence-corrected chi connectivity index (χ4v) is 4.39. The molecule has 0 bridgehead atoms. The van der Waals surface area contributed by atoms with Crippen molar-refractivity contribution in [2.24, 2.45) is 0 Å². The topological polar surface area (TPSA) is 46.2 Å². The van der Waals surface area contributed by atoms with E-state index in [0.717, 1.165) is 5.56 Å². The lowest BCUT2D eigenvalue weighted by atomic mass is 10.1. The SMILES string of the molecule is Cc1ccc(S(=O)(=O)NC(C)c2cccc(F)c2)c(Br)c1. The highest BCUT2D eigenvalue weighted by Crippen LogP contribution is 2.25. The molecule has 0 aliphatic rings. The molecule has 0 aliphatic heterocycles. The molecule has 0 heterocycles. The van der Waals surface area contributed by atoms with Crippen LogP contribution in [0.25, 0.3) is 0 Å². The van der Waals surface area contributed by atoms with E-state index in [1.54, 1.807) is 37.3 Å². The molecule has 1 atom stereocenters. The molecular formula is C15H15BrFNO2S. The first-order valence-electron chi connectivity index (χ1n) is 6.33. The summed E-state index contributed by atoms with van der Waals surface area (Å²) in [6.45, 7) is 3.55. The van der Waals surface area contributed by atoms with Gasteiger partial charge in [0.05, 0.1) is 4.90 Å². The Morgan fingerprint density at radius 2 is 1.90 bits per heavy atom. The Morgan fingerprint density at radius 1 is 1.19 bits per heavy atom. The van der Waals surface area contributed by atoms with Gasteiger partial charge in [0.15, 0.2) is 0 Å². The summed E-state index contributed by atoms with van der Waals surface area (Å²) in [6.07, 6.45) is 0. The lowest BCUT2D eigenvalue weighted by Gasteiger charge is -2.15. The molecule has 1 unspecified atom stereocenters. The van der Waals surface area contributed by atoms with Gasteiger partial charge in [0, 0.05) is 10.5 Å². The predicted molar refractivity (Wildman–Crippen MR) is 84.0 cm³/mol. The van der Waals surface area contributed by atoms with Crippen LogP contribution in [-0.4, -0.2) is 8.42 Å². The Hall–Kier alpha value is -1.24. The van der Waals surface area contributed by atoms with Crippen LogP contribution in [0, 0.1) is 12.7 Å². The van der Waals surface area contributed by atoms with Crippen molar-refractivity contribution in [3.05, 3.63) is 63.9 Å². The predicted octanol–water partition coefficient (Wildman–Crippen LogP) is 3.94. The first-order chi connectivity index (χ1) is 9.79. The average molecular weight is 372 g/mol. The molecule has 2 rings (SSSR count). The third kappa shape index (κ3) is 3.90. The van der Waals surface area contributed by atoms with E-state index in [-0.39, 0.29) is 4.90 Å². The van der Waals surface area contributed by atoms with E-state index in [4.69, 9.17) is 0 Å². The maximum atomic E-state index is 13.2. The highest BCUT2D eigenvalue weighted by Gasteiger charge is 2.21. The van der Waals surface area contributed by atoms with Crippen LogP contribution in [0.4, 0.5) is 4.39 Å². The maximum Gasteiger partial charge on any atom is 0.242 e. The molecule has 21 heavy (non-hydrogen) atoms. The second kappa shape index (κ2) is 6.25. The number of benzene rings is 2. The van der Waals surface area contributed by atoms with Gasteiger partial charge in [0.25, 0.3) is 0 Å². The lowest BCUT2D eigenvalue weighted by Crippen LogP contribution is -2.27. The van der Waals surface area contributed by atoms with Crippen molar-refractivity contribution in [2.45, 2.75) is 24.8 Å². The lowest BCUT2D eigenvalue weighted by molar-refractivity contribution is 0.564. The largest absolute Gasteiger partial charge is 0.242 e. The Kier molecular flexibility index (Phi) is 4.81. The molecule has 0 radical (unpaired) electrons. The van der Waals surface area contributed by atoms with Gasteiger partial charge >= 0.3 is 0 Å². The van der Waals surface area contributed by atoms with Crippen LogP contribution in [0.1, 0.15) is 24.1 Å². The minimum atomic E-state index is -3.69. The zero-order valence-electron chi connectivity index (χ0n) is 11.6. The van der Waals surface area contributed by atoms with Gasteiger partial charge in [-0.1, -0.05) is 18.2 Å². The summed E-state index contributed by atoms with van der Waals surface area (Å²) in [6, 6.07) is 10.4. The summed E-state index contributed by atoms with van der Waals surface area (Å²) in [5, 5.41) is 0. The van der Waals surface area contributed by atoms with Gasteiger partial charge in [-0.2, -0.15) is 0 Å². The molecule has 1 N–H and O–H groups in total. The fourth-order valence-electron chi connectivity index (χ4n) is 1.96. The molecule has 0 saturated heterocycles. The van der Waals surface area contributed by atoms with Crippen LogP contribution >= 0.6 is 15.9 Å². The zero-order chi connectivity index (χ0) is 15.6. The normalized spacial score (nSPS) is 13.1. The molecule has 112 valence electrons. The smallest absolute Gasteiger partial charge is 0.207 e. The van der Waals surface area contributed by atoms with Gasteiger partial charge in [-0.25, -0.2) is 17.5 Å². The minimum absolute atomic E-state index is 0.163. The molecule has 2 aromatic carbocycles. The number of aryl methyl sites for hydroxylation is 1. The second-order valence-electron chi connectivity index (χ2n) is 4.83. The van der Waals surface area contributed by atoms with Gasteiger partial charge < -0.3 is 0 Å².